The van der Waals surface area contributed by atoms with E-state index >= 15 is 0 Å². The molecule has 3 N–H and O–H groups in total. The molecule has 0 aromatic carbocycles. The Kier molecular flexibility index (Phi) is 7.44. The van der Waals surface area contributed by atoms with Crippen LogP contribution >= 0.6 is 0 Å². The summed E-state index contributed by atoms with van der Waals surface area (Å²) in [5.74, 6) is 3.40. The molecule has 9 nitrogen and oxygen atoms in total. The summed E-state index contributed by atoms with van der Waals surface area (Å²) in [5.41, 5.74) is 0. The maximum atomic E-state index is 5.48. The standard InChI is InChI=1S/C19H31N7O2/c1-14(2)15(26-8-11-27-12-9-26)13-22-19(20-3)21-7-6-17-23-18(25-24-17)16-5-4-10-28-16/h4-5,10,14-15H,6-9,11-13H2,1-3H3,(H2,20,21,22)(H,23,24,25). The van der Waals surface area contributed by atoms with Crippen LogP contribution in [0.1, 0.15) is 19.7 Å². The van der Waals surface area contributed by atoms with Crippen LogP contribution in [0.3, 0.4) is 0 Å². The van der Waals surface area contributed by atoms with Crippen LogP contribution in [0.5, 0.6) is 0 Å². The van der Waals surface area contributed by atoms with Gasteiger partial charge in [0.15, 0.2) is 11.7 Å². The Morgan fingerprint density at radius 3 is 2.82 bits per heavy atom. The van der Waals surface area contributed by atoms with Gasteiger partial charge in [0.1, 0.15) is 5.82 Å². The van der Waals surface area contributed by atoms with E-state index in [2.05, 4.69) is 49.6 Å². The van der Waals surface area contributed by atoms with Crippen molar-refractivity contribution in [2.75, 3.05) is 46.4 Å². The Morgan fingerprint density at radius 1 is 1.32 bits per heavy atom. The zero-order chi connectivity index (χ0) is 19.8. The monoisotopic (exact) mass is 389 g/mol. The van der Waals surface area contributed by atoms with Crippen LogP contribution in [0.2, 0.25) is 0 Å². The van der Waals surface area contributed by atoms with Crippen molar-refractivity contribution < 1.29 is 9.15 Å². The number of aliphatic imine (C=N–C) groups is 1. The van der Waals surface area contributed by atoms with Crippen molar-refractivity contribution in [1.82, 2.24) is 30.7 Å². The molecule has 1 aliphatic heterocycles. The lowest BCUT2D eigenvalue weighted by molar-refractivity contribution is 0.00752. The molecule has 1 fully saturated rings. The van der Waals surface area contributed by atoms with Crippen LogP contribution in [0.4, 0.5) is 0 Å². The molecule has 3 rings (SSSR count). The van der Waals surface area contributed by atoms with E-state index in [-0.39, 0.29) is 0 Å². The minimum absolute atomic E-state index is 0.451. The number of aromatic amines is 1. The quantitative estimate of drug-likeness (QED) is 0.459. The van der Waals surface area contributed by atoms with E-state index in [0.29, 0.717) is 36.5 Å². The highest BCUT2D eigenvalue weighted by atomic mass is 16.5. The van der Waals surface area contributed by atoms with Gasteiger partial charge in [-0.05, 0) is 18.1 Å². The molecule has 0 saturated carbocycles. The Bertz CT molecular complexity index is 720. The number of H-pyrrole nitrogens is 1. The molecule has 154 valence electrons. The second-order valence-corrected chi connectivity index (χ2v) is 7.17. The van der Waals surface area contributed by atoms with Gasteiger partial charge in [-0.3, -0.25) is 15.0 Å². The molecule has 1 saturated heterocycles. The molecule has 2 aromatic rings. The number of nitrogens with zero attached hydrogens (tertiary/aromatic N) is 4. The van der Waals surface area contributed by atoms with Gasteiger partial charge in [-0.1, -0.05) is 13.8 Å². The van der Waals surface area contributed by atoms with E-state index in [0.717, 1.165) is 44.6 Å². The molecule has 0 amide bonds. The Morgan fingerprint density at radius 2 is 2.14 bits per heavy atom. The minimum Gasteiger partial charge on any atom is -0.461 e. The number of aromatic nitrogens is 3. The summed E-state index contributed by atoms with van der Waals surface area (Å²) in [6.45, 7) is 9.68. The first-order valence-electron chi connectivity index (χ1n) is 9.89. The number of ether oxygens (including phenoxy) is 1. The summed E-state index contributed by atoms with van der Waals surface area (Å²) in [6, 6.07) is 4.12. The predicted octanol–water partition coefficient (Wildman–Crippen LogP) is 1.13. The van der Waals surface area contributed by atoms with E-state index in [4.69, 9.17) is 9.15 Å². The molecule has 0 aliphatic carbocycles. The maximum Gasteiger partial charge on any atom is 0.216 e. The van der Waals surface area contributed by atoms with Gasteiger partial charge in [0, 0.05) is 45.7 Å². The summed E-state index contributed by atoms with van der Waals surface area (Å²) in [6.07, 6.45) is 2.33. The van der Waals surface area contributed by atoms with Crippen LogP contribution in [0.15, 0.2) is 27.8 Å². The topological polar surface area (TPSA) is 104 Å². The van der Waals surface area contributed by atoms with Crippen LogP contribution < -0.4 is 10.6 Å². The van der Waals surface area contributed by atoms with Crippen LogP contribution in [-0.4, -0.2) is 78.5 Å². The minimum atomic E-state index is 0.451. The molecular formula is C19H31N7O2. The molecule has 0 bridgehead atoms. The summed E-state index contributed by atoms with van der Waals surface area (Å²) in [5, 5.41) is 13.9. The van der Waals surface area contributed by atoms with Crippen molar-refractivity contribution in [3.05, 3.63) is 24.2 Å². The van der Waals surface area contributed by atoms with Crippen LogP contribution in [0, 0.1) is 5.92 Å². The number of hydrogen-bond donors (Lipinski definition) is 3. The molecule has 9 heteroatoms. The summed E-state index contributed by atoms with van der Waals surface area (Å²) in [4.78, 5) is 11.3. The third kappa shape index (κ3) is 5.56. The first kappa shape index (κ1) is 20.3. The van der Waals surface area contributed by atoms with Gasteiger partial charge in [0.25, 0.3) is 0 Å². The highest BCUT2D eigenvalue weighted by molar-refractivity contribution is 5.79. The summed E-state index contributed by atoms with van der Waals surface area (Å²) in [7, 11) is 1.79. The fraction of sp³-hybridized carbons (Fsp3) is 0.632. The SMILES string of the molecule is CN=C(NCCc1nc(-c2ccco2)n[nH]1)NCC(C(C)C)N1CCOCC1. The second-order valence-electron chi connectivity index (χ2n) is 7.17. The largest absolute Gasteiger partial charge is 0.461 e. The lowest BCUT2D eigenvalue weighted by Crippen LogP contribution is -2.52. The molecule has 0 radical (unpaired) electrons. The number of hydrogen-bond acceptors (Lipinski definition) is 6. The van der Waals surface area contributed by atoms with Gasteiger partial charge in [0.05, 0.1) is 19.5 Å². The number of furan rings is 1. The van der Waals surface area contributed by atoms with E-state index in [1.54, 1.807) is 13.3 Å². The summed E-state index contributed by atoms with van der Waals surface area (Å²) < 4.78 is 10.8. The van der Waals surface area contributed by atoms with E-state index in [1.807, 2.05) is 12.1 Å². The highest BCUT2D eigenvalue weighted by Crippen LogP contribution is 2.14. The summed E-state index contributed by atoms with van der Waals surface area (Å²) >= 11 is 0. The van der Waals surface area contributed by atoms with Gasteiger partial charge in [0.2, 0.25) is 5.82 Å². The molecule has 1 atom stereocenters. The Labute approximate surface area is 166 Å². The lowest BCUT2D eigenvalue weighted by atomic mass is 10.0. The Balaban J connectivity index is 1.44. The molecule has 3 heterocycles. The first-order valence-corrected chi connectivity index (χ1v) is 9.89. The van der Waals surface area contributed by atoms with Crippen LogP contribution in [0.25, 0.3) is 11.6 Å². The fourth-order valence-corrected chi connectivity index (χ4v) is 3.34. The van der Waals surface area contributed by atoms with Gasteiger partial charge in [-0.25, -0.2) is 4.98 Å². The van der Waals surface area contributed by atoms with Crippen molar-refractivity contribution in [2.24, 2.45) is 10.9 Å². The Hall–Kier alpha value is -2.39. The van der Waals surface area contributed by atoms with Crippen molar-refractivity contribution in [1.29, 1.82) is 0 Å². The van der Waals surface area contributed by atoms with Crippen molar-refractivity contribution in [3.8, 4) is 11.6 Å². The predicted molar refractivity (Wildman–Crippen MR) is 108 cm³/mol. The van der Waals surface area contributed by atoms with Crippen molar-refractivity contribution >= 4 is 5.96 Å². The van der Waals surface area contributed by atoms with Gasteiger partial charge >= 0.3 is 0 Å². The third-order valence-corrected chi connectivity index (χ3v) is 4.91. The molecule has 2 aromatic heterocycles. The van der Waals surface area contributed by atoms with E-state index in [1.165, 1.54) is 0 Å². The van der Waals surface area contributed by atoms with Gasteiger partial charge in [-0.2, -0.15) is 5.10 Å². The lowest BCUT2D eigenvalue weighted by Gasteiger charge is -2.37. The van der Waals surface area contributed by atoms with E-state index in [9.17, 15) is 0 Å². The van der Waals surface area contributed by atoms with E-state index < -0.39 is 0 Å². The first-order chi connectivity index (χ1) is 13.7. The fourth-order valence-electron chi connectivity index (χ4n) is 3.34. The van der Waals surface area contributed by atoms with Crippen molar-refractivity contribution in [2.45, 2.75) is 26.3 Å². The second kappa shape index (κ2) is 10.2. The molecular weight excluding hydrogens is 358 g/mol. The van der Waals surface area contributed by atoms with Crippen molar-refractivity contribution in [3.63, 3.8) is 0 Å². The average molecular weight is 390 g/mol. The molecule has 1 aliphatic rings. The van der Waals surface area contributed by atoms with Gasteiger partial charge < -0.3 is 19.8 Å². The zero-order valence-electron chi connectivity index (χ0n) is 16.9. The van der Waals surface area contributed by atoms with Gasteiger partial charge in [-0.15, -0.1) is 0 Å². The number of nitrogens with one attached hydrogen (secondary N) is 3. The average Bonchev–Trinajstić information content (AvgIpc) is 3.39. The smallest absolute Gasteiger partial charge is 0.216 e. The highest BCUT2D eigenvalue weighted by Gasteiger charge is 2.23. The maximum absolute atomic E-state index is 5.48. The molecule has 1 unspecified atom stereocenters. The molecule has 0 spiro atoms. The van der Waals surface area contributed by atoms with Crippen LogP contribution in [-0.2, 0) is 11.2 Å². The normalized spacial score (nSPS) is 17.1. The number of morpholine rings is 1. The molecule has 28 heavy (non-hydrogen) atoms. The zero-order valence-corrected chi connectivity index (χ0v) is 16.9. The number of rotatable bonds is 8. The third-order valence-electron chi connectivity index (χ3n) is 4.91. The number of guanidine groups is 1.